The van der Waals surface area contributed by atoms with E-state index in [4.69, 9.17) is 9.52 Å². The molecule has 2 rings (SSSR count). The van der Waals surface area contributed by atoms with Crippen LogP contribution in [0.5, 0.6) is 0 Å². The molecule has 2 heterocycles. The first-order chi connectivity index (χ1) is 9.58. The van der Waals surface area contributed by atoms with E-state index in [1.165, 1.54) is 11.2 Å². The van der Waals surface area contributed by atoms with Gasteiger partial charge in [-0.2, -0.15) is 0 Å². The molecule has 0 unspecified atom stereocenters. The van der Waals surface area contributed by atoms with Crippen molar-refractivity contribution in [2.75, 3.05) is 19.6 Å². The molecule has 7 nitrogen and oxygen atoms in total. The van der Waals surface area contributed by atoms with Gasteiger partial charge in [0.25, 0.3) is 5.91 Å². The Morgan fingerprint density at radius 3 is 2.75 bits per heavy atom. The van der Waals surface area contributed by atoms with E-state index in [2.05, 4.69) is 5.32 Å². The van der Waals surface area contributed by atoms with Crippen LogP contribution in [0, 0.1) is 5.92 Å². The van der Waals surface area contributed by atoms with Crippen molar-refractivity contribution < 1.29 is 23.9 Å². The first-order valence-electron chi connectivity index (χ1n) is 6.40. The molecule has 1 aromatic heterocycles. The number of carboxylic acid groups (broad SMARTS) is 1. The van der Waals surface area contributed by atoms with Gasteiger partial charge in [-0.25, -0.2) is 0 Å². The maximum absolute atomic E-state index is 11.7. The van der Waals surface area contributed by atoms with E-state index in [1.807, 2.05) is 0 Å². The summed E-state index contributed by atoms with van der Waals surface area (Å²) in [6.45, 7) is 0.946. The Kier molecular flexibility index (Phi) is 4.39. The molecule has 1 fully saturated rings. The molecule has 108 valence electrons. The predicted octanol–water partition coefficient (Wildman–Crippen LogP) is 0.333. The zero-order chi connectivity index (χ0) is 14.5. The van der Waals surface area contributed by atoms with Gasteiger partial charge in [0, 0.05) is 26.1 Å². The molecule has 1 saturated heterocycles. The largest absolute Gasteiger partial charge is 0.481 e. The molecular weight excluding hydrogens is 264 g/mol. The van der Waals surface area contributed by atoms with E-state index in [-0.39, 0.29) is 30.7 Å². The summed E-state index contributed by atoms with van der Waals surface area (Å²) in [5, 5.41) is 11.3. The minimum atomic E-state index is -0.861. The van der Waals surface area contributed by atoms with Crippen LogP contribution >= 0.6 is 0 Å². The van der Waals surface area contributed by atoms with Crippen molar-refractivity contribution in [1.29, 1.82) is 0 Å². The molecule has 0 bridgehead atoms. The number of hydrogen-bond acceptors (Lipinski definition) is 4. The SMILES string of the molecule is O=C(NCCCC(=O)N1CC(C(=O)O)C1)c1ccco1. The van der Waals surface area contributed by atoms with E-state index < -0.39 is 11.9 Å². The van der Waals surface area contributed by atoms with Crippen molar-refractivity contribution in [1.82, 2.24) is 10.2 Å². The van der Waals surface area contributed by atoms with Gasteiger partial charge in [-0.3, -0.25) is 14.4 Å². The van der Waals surface area contributed by atoms with Crippen molar-refractivity contribution in [2.45, 2.75) is 12.8 Å². The van der Waals surface area contributed by atoms with Crippen molar-refractivity contribution >= 4 is 17.8 Å². The van der Waals surface area contributed by atoms with Crippen LogP contribution in [0.15, 0.2) is 22.8 Å². The summed E-state index contributed by atoms with van der Waals surface area (Å²) in [6.07, 6.45) is 2.23. The molecule has 2 amide bonds. The van der Waals surface area contributed by atoms with E-state index in [0.29, 0.717) is 19.4 Å². The van der Waals surface area contributed by atoms with Gasteiger partial charge in [-0.05, 0) is 18.6 Å². The second-order valence-electron chi connectivity index (χ2n) is 4.67. The fourth-order valence-corrected chi connectivity index (χ4v) is 1.93. The lowest BCUT2D eigenvalue weighted by atomic mass is 10.00. The number of likely N-dealkylation sites (tertiary alicyclic amines) is 1. The Morgan fingerprint density at radius 2 is 2.15 bits per heavy atom. The van der Waals surface area contributed by atoms with E-state index in [0.717, 1.165) is 0 Å². The van der Waals surface area contributed by atoms with E-state index in [9.17, 15) is 14.4 Å². The minimum Gasteiger partial charge on any atom is -0.481 e. The fraction of sp³-hybridized carbons (Fsp3) is 0.462. The molecule has 0 spiro atoms. The zero-order valence-corrected chi connectivity index (χ0v) is 10.9. The second-order valence-corrected chi connectivity index (χ2v) is 4.67. The van der Waals surface area contributed by atoms with Gasteiger partial charge in [-0.15, -0.1) is 0 Å². The van der Waals surface area contributed by atoms with Crippen molar-refractivity contribution in [3.8, 4) is 0 Å². The first-order valence-corrected chi connectivity index (χ1v) is 6.40. The Balaban J connectivity index is 1.59. The summed E-state index contributed by atoms with van der Waals surface area (Å²) in [6, 6.07) is 3.19. The number of furan rings is 1. The minimum absolute atomic E-state index is 0.0743. The van der Waals surface area contributed by atoms with Crippen LogP contribution in [0.3, 0.4) is 0 Å². The summed E-state index contributed by atoms with van der Waals surface area (Å²) in [5.74, 6) is -1.44. The highest BCUT2D eigenvalue weighted by atomic mass is 16.4. The van der Waals surface area contributed by atoms with Crippen molar-refractivity contribution in [3.05, 3.63) is 24.2 Å². The van der Waals surface area contributed by atoms with Crippen LogP contribution in [0.2, 0.25) is 0 Å². The molecule has 0 saturated carbocycles. The average molecular weight is 280 g/mol. The molecule has 1 aromatic rings. The van der Waals surface area contributed by atoms with E-state index >= 15 is 0 Å². The third-order valence-corrected chi connectivity index (χ3v) is 3.18. The van der Waals surface area contributed by atoms with Crippen LogP contribution < -0.4 is 5.32 Å². The van der Waals surface area contributed by atoms with Gasteiger partial charge in [-0.1, -0.05) is 0 Å². The molecule has 20 heavy (non-hydrogen) atoms. The Bertz CT molecular complexity index is 491. The van der Waals surface area contributed by atoms with Gasteiger partial charge in [0.1, 0.15) is 0 Å². The van der Waals surface area contributed by atoms with Crippen LogP contribution in [-0.4, -0.2) is 47.4 Å². The normalized spacial score (nSPS) is 14.7. The Hall–Kier alpha value is -2.31. The maximum atomic E-state index is 11.7. The lowest BCUT2D eigenvalue weighted by Crippen LogP contribution is -2.53. The number of hydrogen-bond donors (Lipinski definition) is 2. The average Bonchev–Trinajstić information content (AvgIpc) is 2.85. The monoisotopic (exact) mass is 280 g/mol. The van der Waals surface area contributed by atoms with Crippen LogP contribution in [-0.2, 0) is 9.59 Å². The highest BCUT2D eigenvalue weighted by molar-refractivity contribution is 5.91. The number of carboxylic acids is 1. The first kappa shape index (κ1) is 14.1. The lowest BCUT2D eigenvalue weighted by molar-refractivity contribution is -0.152. The number of carbonyl (C=O) groups excluding carboxylic acids is 2. The number of nitrogens with one attached hydrogen (secondary N) is 1. The number of rotatable bonds is 6. The molecule has 1 aliphatic rings. The molecule has 1 aliphatic heterocycles. The van der Waals surface area contributed by atoms with Gasteiger partial charge in [0.2, 0.25) is 5.91 Å². The number of nitrogens with zero attached hydrogens (tertiary/aromatic N) is 1. The predicted molar refractivity (Wildman–Crippen MR) is 68.0 cm³/mol. The molecule has 0 atom stereocenters. The third-order valence-electron chi connectivity index (χ3n) is 3.18. The molecular formula is C13H16N2O5. The topological polar surface area (TPSA) is 99.9 Å². The molecule has 0 aromatic carbocycles. The molecule has 0 aliphatic carbocycles. The van der Waals surface area contributed by atoms with Crippen molar-refractivity contribution in [2.24, 2.45) is 5.92 Å². The van der Waals surface area contributed by atoms with Crippen LogP contribution in [0.25, 0.3) is 0 Å². The number of amides is 2. The molecule has 2 N–H and O–H groups in total. The third kappa shape index (κ3) is 3.37. The maximum Gasteiger partial charge on any atom is 0.310 e. The molecule has 7 heteroatoms. The number of aliphatic carboxylic acids is 1. The summed E-state index contributed by atoms with van der Waals surface area (Å²) < 4.78 is 4.93. The standard InChI is InChI=1S/C13H16N2O5/c16-11(15-7-9(8-15)13(18)19)4-1-5-14-12(17)10-3-2-6-20-10/h2-3,6,9H,1,4-5,7-8H2,(H,14,17)(H,18,19). The Morgan fingerprint density at radius 1 is 1.40 bits per heavy atom. The summed E-state index contributed by atoms with van der Waals surface area (Å²) in [4.78, 5) is 35.3. The highest BCUT2D eigenvalue weighted by Gasteiger charge is 2.34. The fourth-order valence-electron chi connectivity index (χ4n) is 1.93. The number of carbonyl (C=O) groups is 3. The van der Waals surface area contributed by atoms with Crippen LogP contribution in [0.4, 0.5) is 0 Å². The van der Waals surface area contributed by atoms with Crippen LogP contribution in [0.1, 0.15) is 23.4 Å². The van der Waals surface area contributed by atoms with Gasteiger partial charge < -0.3 is 19.7 Å². The Labute approximate surface area is 115 Å². The van der Waals surface area contributed by atoms with Gasteiger partial charge in [0.15, 0.2) is 5.76 Å². The zero-order valence-electron chi connectivity index (χ0n) is 10.9. The van der Waals surface area contributed by atoms with Gasteiger partial charge >= 0.3 is 5.97 Å². The van der Waals surface area contributed by atoms with E-state index in [1.54, 1.807) is 12.1 Å². The summed E-state index contributed by atoms with van der Waals surface area (Å²) in [5.41, 5.74) is 0. The summed E-state index contributed by atoms with van der Waals surface area (Å²) >= 11 is 0. The van der Waals surface area contributed by atoms with Crippen molar-refractivity contribution in [3.63, 3.8) is 0 Å². The summed E-state index contributed by atoms with van der Waals surface area (Å²) in [7, 11) is 0. The molecule has 0 radical (unpaired) electrons. The second kappa shape index (κ2) is 6.23. The smallest absolute Gasteiger partial charge is 0.310 e. The van der Waals surface area contributed by atoms with Gasteiger partial charge in [0.05, 0.1) is 12.2 Å². The highest BCUT2D eigenvalue weighted by Crippen LogP contribution is 2.16. The lowest BCUT2D eigenvalue weighted by Gasteiger charge is -2.36. The quantitative estimate of drug-likeness (QED) is 0.732.